The van der Waals surface area contributed by atoms with Gasteiger partial charge in [0.1, 0.15) is 12.2 Å². The van der Waals surface area contributed by atoms with Gasteiger partial charge in [0.05, 0.1) is 4.90 Å². The van der Waals surface area contributed by atoms with E-state index in [1.165, 1.54) is 31.2 Å². The van der Waals surface area contributed by atoms with Gasteiger partial charge < -0.3 is 10.8 Å². The van der Waals surface area contributed by atoms with Gasteiger partial charge in [-0.2, -0.15) is 8.42 Å². The van der Waals surface area contributed by atoms with Gasteiger partial charge in [-0.3, -0.25) is 18.9 Å². The van der Waals surface area contributed by atoms with Crippen molar-refractivity contribution in [1.82, 2.24) is 0 Å². The molecule has 0 saturated heterocycles. The first-order valence-corrected chi connectivity index (χ1v) is 7.97. The van der Waals surface area contributed by atoms with E-state index in [9.17, 15) is 22.8 Å². The van der Waals surface area contributed by atoms with Crippen LogP contribution in [0.15, 0.2) is 41.3 Å². The highest BCUT2D eigenvalue weighted by Crippen LogP contribution is 2.20. The number of fused-ring (bicyclic) bond motifs is 1. The Bertz CT molecular complexity index is 891. The first-order valence-electron chi connectivity index (χ1n) is 6.53. The number of carbonyl (C=O) groups is 3. The maximum Gasteiger partial charge on any atom is 0.310 e. The molecule has 0 fully saturated rings. The number of rotatable bonds is 4. The molecular formula is C15H15NO7S. The molecule has 24 heavy (non-hydrogen) atoms. The molecule has 4 N–H and O–H groups in total. The van der Waals surface area contributed by atoms with Crippen molar-refractivity contribution in [2.75, 3.05) is 0 Å². The average Bonchev–Trinajstić information content (AvgIpc) is 2.44. The third kappa shape index (κ3) is 5.78. The van der Waals surface area contributed by atoms with Gasteiger partial charge in [-0.25, -0.2) is 0 Å². The predicted molar refractivity (Wildman–Crippen MR) is 85.2 cm³/mol. The van der Waals surface area contributed by atoms with E-state index in [4.69, 9.17) is 15.4 Å². The highest BCUT2D eigenvalue weighted by molar-refractivity contribution is 7.85. The Morgan fingerprint density at radius 3 is 2.00 bits per heavy atom. The molecule has 1 amide bonds. The van der Waals surface area contributed by atoms with Crippen molar-refractivity contribution < 1.29 is 32.5 Å². The summed E-state index contributed by atoms with van der Waals surface area (Å²) in [5, 5.41) is 9.14. The summed E-state index contributed by atoms with van der Waals surface area (Å²) >= 11 is 0. The molecule has 0 bridgehead atoms. The SMILES string of the molecule is CC(=O)CC(=O)O.NC(=O)c1ccc2cc(S(=O)(=O)O)ccc2c1. The summed E-state index contributed by atoms with van der Waals surface area (Å²) in [5.41, 5.74) is 5.47. The number of carboxylic acid groups (broad SMARTS) is 1. The van der Waals surface area contributed by atoms with Crippen LogP contribution in [0.5, 0.6) is 0 Å². The van der Waals surface area contributed by atoms with Gasteiger partial charge >= 0.3 is 5.97 Å². The largest absolute Gasteiger partial charge is 0.481 e. The monoisotopic (exact) mass is 353 g/mol. The molecule has 0 heterocycles. The van der Waals surface area contributed by atoms with Gasteiger partial charge in [0.2, 0.25) is 5.91 Å². The van der Waals surface area contributed by atoms with Crippen LogP contribution in [0, 0.1) is 0 Å². The average molecular weight is 353 g/mol. The van der Waals surface area contributed by atoms with Crippen LogP contribution in [-0.4, -0.2) is 35.7 Å². The number of hydrogen-bond donors (Lipinski definition) is 3. The molecule has 2 aromatic carbocycles. The Kier molecular flexibility index (Phi) is 6.15. The van der Waals surface area contributed by atoms with E-state index in [-0.39, 0.29) is 17.1 Å². The van der Waals surface area contributed by atoms with Gasteiger partial charge in [-0.05, 0) is 42.0 Å². The molecule has 0 aliphatic carbocycles. The summed E-state index contributed by atoms with van der Waals surface area (Å²) < 4.78 is 30.8. The van der Waals surface area contributed by atoms with Crippen LogP contribution >= 0.6 is 0 Å². The van der Waals surface area contributed by atoms with E-state index in [0.29, 0.717) is 16.3 Å². The van der Waals surface area contributed by atoms with Crippen molar-refractivity contribution in [3.8, 4) is 0 Å². The molecule has 128 valence electrons. The molecule has 8 nitrogen and oxygen atoms in total. The lowest BCUT2D eigenvalue weighted by Gasteiger charge is -2.02. The van der Waals surface area contributed by atoms with Crippen LogP contribution < -0.4 is 5.73 Å². The minimum Gasteiger partial charge on any atom is -0.481 e. The highest BCUT2D eigenvalue weighted by Gasteiger charge is 2.10. The second-order valence-electron chi connectivity index (χ2n) is 4.84. The first-order chi connectivity index (χ1) is 11.0. The van der Waals surface area contributed by atoms with Crippen molar-refractivity contribution >= 4 is 38.6 Å². The molecule has 0 aromatic heterocycles. The Labute approximate surface area is 137 Å². The fourth-order valence-corrected chi connectivity index (χ4v) is 2.27. The van der Waals surface area contributed by atoms with Crippen LogP contribution in [0.2, 0.25) is 0 Å². The van der Waals surface area contributed by atoms with Crippen molar-refractivity contribution in [3.63, 3.8) is 0 Å². The number of aliphatic carboxylic acids is 1. The van der Waals surface area contributed by atoms with Crippen LogP contribution in [-0.2, 0) is 19.7 Å². The minimum absolute atomic E-state index is 0.183. The molecule has 2 rings (SSSR count). The zero-order valence-electron chi connectivity index (χ0n) is 12.6. The Balaban J connectivity index is 0.000000351. The first kappa shape index (κ1) is 19.3. The van der Waals surface area contributed by atoms with E-state index in [2.05, 4.69) is 0 Å². The quantitative estimate of drug-likeness (QED) is 0.552. The Hall–Kier alpha value is -2.78. The molecule has 2 aromatic rings. The lowest BCUT2D eigenvalue weighted by atomic mass is 10.1. The summed E-state index contributed by atoms with van der Waals surface area (Å²) in [7, 11) is -4.21. The third-order valence-corrected chi connectivity index (χ3v) is 3.64. The fraction of sp³-hybridized carbons (Fsp3) is 0.133. The maximum absolute atomic E-state index is 11.0. The Morgan fingerprint density at radius 2 is 1.58 bits per heavy atom. The van der Waals surface area contributed by atoms with Gasteiger partial charge in [0, 0.05) is 5.56 Å². The van der Waals surface area contributed by atoms with Crippen LogP contribution in [0.25, 0.3) is 10.8 Å². The molecule has 0 aliphatic heterocycles. The van der Waals surface area contributed by atoms with Crippen LogP contribution in [0.1, 0.15) is 23.7 Å². The number of primary amides is 1. The number of hydrogen-bond acceptors (Lipinski definition) is 5. The standard InChI is InChI=1S/C11H9NO4S.C4H6O3/c12-11(13)9-2-1-8-6-10(17(14,15)16)4-3-7(8)5-9;1-3(5)2-4(6)7/h1-6H,(H2,12,13)(H,14,15,16);2H2,1H3,(H,6,7). The molecule has 0 aliphatic rings. The predicted octanol–water partition coefficient (Wildman–Crippen LogP) is 1.24. The highest BCUT2D eigenvalue weighted by atomic mass is 32.2. The number of nitrogens with two attached hydrogens (primary N) is 1. The van der Waals surface area contributed by atoms with Crippen molar-refractivity contribution in [2.24, 2.45) is 5.73 Å². The molecule has 0 atom stereocenters. The van der Waals surface area contributed by atoms with Crippen LogP contribution in [0.3, 0.4) is 0 Å². The van der Waals surface area contributed by atoms with E-state index in [1.54, 1.807) is 12.1 Å². The summed E-state index contributed by atoms with van der Waals surface area (Å²) in [6.45, 7) is 1.24. The molecule has 0 spiro atoms. The molecule has 0 radical (unpaired) electrons. The summed E-state index contributed by atoms with van der Waals surface area (Å²) in [6.07, 6.45) is -0.361. The second-order valence-corrected chi connectivity index (χ2v) is 6.26. The van der Waals surface area contributed by atoms with Crippen molar-refractivity contribution in [3.05, 3.63) is 42.0 Å². The van der Waals surface area contributed by atoms with Gasteiger partial charge in [-0.15, -0.1) is 0 Å². The van der Waals surface area contributed by atoms with Crippen LogP contribution in [0.4, 0.5) is 0 Å². The third-order valence-electron chi connectivity index (χ3n) is 2.79. The minimum atomic E-state index is -4.21. The number of Topliss-reactive ketones (excluding diaryl/α,β-unsaturated/α-hetero) is 1. The normalized spacial score (nSPS) is 10.6. The number of amides is 1. The number of carbonyl (C=O) groups excluding carboxylic acids is 2. The Morgan fingerprint density at radius 1 is 1.04 bits per heavy atom. The maximum atomic E-state index is 11.0. The number of carboxylic acids is 1. The van der Waals surface area contributed by atoms with Crippen molar-refractivity contribution in [1.29, 1.82) is 0 Å². The number of ketones is 1. The second kappa shape index (κ2) is 7.66. The van der Waals surface area contributed by atoms with Gasteiger partial charge in [-0.1, -0.05) is 12.1 Å². The van der Waals surface area contributed by atoms with E-state index >= 15 is 0 Å². The lowest BCUT2D eigenvalue weighted by Crippen LogP contribution is -2.10. The molecule has 0 unspecified atom stereocenters. The lowest BCUT2D eigenvalue weighted by molar-refractivity contribution is -0.139. The smallest absolute Gasteiger partial charge is 0.310 e. The molecular weight excluding hydrogens is 338 g/mol. The van der Waals surface area contributed by atoms with E-state index < -0.39 is 22.0 Å². The molecule has 0 saturated carbocycles. The summed E-state index contributed by atoms with van der Waals surface area (Å²) in [5.74, 6) is -1.93. The van der Waals surface area contributed by atoms with Gasteiger partial charge in [0.15, 0.2) is 0 Å². The topological polar surface area (TPSA) is 152 Å². The fourth-order valence-electron chi connectivity index (χ4n) is 1.75. The van der Waals surface area contributed by atoms with Crippen molar-refractivity contribution in [2.45, 2.75) is 18.2 Å². The zero-order chi connectivity index (χ0) is 18.5. The summed E-state index contributed by atoms with van der Waals surface area (Å²) in [4.78, 5) is 30.2. The number of benzene rings is 2. The van der Waals surface area contributed by atoms with E-state index in [1.807, 2.05) is 0 Å². The van der Waals surface area contributed by atoms with E-state index in [0.717, 1.165) is 0 Å². The van der Waals surface area contributed by atoms with Gasteiger partial charge in [0.25, 0.3) is 10.1 Å². The zero-order valence-corrected chi connectivity index (χ0v) is 13.4. The summed E-state index contributed by atoms with van der Waals surface area (Å²) in [6, 6.07) is 8.73. The molecule has 9 heteroatoms.